The molecule has 27 heavy (non-hydrogen) atoms. The fraction of sp³-hybridized carbons (Fsp3) is 0.176. The van der Waals surface area contributed by atoms with Crippen LogP contribution in [0, 0.1) is 48.3 Å². The number of nitrogens with zero attached hydrogens (tertiary/aromatic N) is 4. The molecular weight excluding hydrogens is 395 g/mol. The highest BCUT2D eigenvalue weighted by Gasteiger charge is 2.32. The fourth-order valence-corrected chi connectivity index (χ4v) is 2.93. The molecule has 0 aliphatic heterocycles. The van der Waals surface area contributed by atoms with Crippen LogP contribution in [-0.2, 0) is 12.8 Å². The third-order valence-electron chi connectivity index (χ3n) is 3.85. The van der Waals surface area contributed by atoms with Crippen LogP contribution in [0.3, 0.4) is 0 Å². The molecule has 0 bridgehead atoms. The van der Waals surface area contributed by atoms with E-state index in [9.17, 15) is 30.8 Å². The number of benzene rings is 2. The lowest BCUT2D eigenvalue weighted by atomic mass is 9.79. The molecule has 0 radical (unpaired) electrons. The van der Waals surface area contributed by atoms with Gasteiger partial charge in [-0.2, -0.15) is 10.5 Å². The minimum absolute atomic E-state index is 0.0587. The average Bonchev–Trinajstić information content (AvgIpc) is 2.63. The summed E-state index contributed by atoms with van der Waals surface area (Å²) in [6.45, 7) is 0. The molecule has 0 amide bonds. The van der Waals surface area contributed by atoms with Gasteiger partial charge in [0.15, 0.2) is 5.41 Å². The SMILES string of the molecule is N#CC(C#N)(Cc1ccc(Cl)c([N+](=O)[O-])c1)Cc1ccc(Cl)c([N+](=O)[O-])c1. The van der Waals surface area contributed by atoms with E-state index in [1.807, 2.05) is 12.1 Å². The standard InChI is InChI=1S/C17H10Cl2N4O4/c18-13-3-1-11(5-15(13)22(24)25)7-17(9-20,10-21)8-12-2-4-14(19)16(6-12)23(26)27/h1-6H,7-8H2. The number of halogens is 2. The minimum atomic E-state index is -1.58. The third kappa shape index (κ3) is 4.50. The normalized spacial score (nSPS) is 10.7. The molecule has 0 fully saturated rings. The van der Waals surface area contributed by atoms with Crippen molar-refractivity contribution >= 4 is 34.6 Å². The lowest BCUT2D eigenvalue weighted by molar-refractivity contribution is -0.384. The van der Waals surface area contributed by atoms with Gasteiger partial charge in [-0.05, 0) is 23.3 Å². The molecule has 0 atom stereocenters. The molecule has 0 aliphatic carbocycles. The van der Waals surface area contributed by atoms with Crippen LogP contribution in [0.25, 0.3) is 0 Å². The molecule has 136 valence electrons. The van der Waals surface area contributed by atoms with E-state index in [0.29, 0.717) is 11.1 Å². The van der Waals surface area contributed by atoms with Crippen molar-refractivity contribution in [1.29, 1.82) is 10.5 Å². The molecule has 10 heteroatoms. The number of hydrogen-bond acceptors (Lipinski definition) is 6. The second kappa shape index (κ2) is 8.00. The Morgan fingerprint density at radius 3 is 1.52 bits per heavy atom. The van der Waals surface area contributed by atoms with Gasteiger partial charge in [0, 0.05) is 25.0 Å². The number of nitriles is 2. The van der Waals surface area contributed by atoms with Crippen molar-refractivity contribution in [3.63, 3.8) is 0 Å². The predicted molar refractivity (Wildman–Crippen MR) is 97.3 cm³/mol. The van der Waals surface area contributed by atoms with Gasteiger partial charge in [0.1, 0.15) is 10.0 Å². The topological polar surface area (TPSA) is 134 Å². The van der Waals surface area contributed by atoms with Crippen molar-refractivity contribution in [3.05, 3.63) is 77.8 Å². The maximum Gasteiger partial charge on any atom is 0.288 e. The summed E-state index contributed by atoms with van der Waals surface area (Å²) in [5, 5.41) is 41.1. The molecule has 8 nitrogen and oxygen atoms in total. The van der Waals surface area contributed by atoms with Crippen LogP contribution in [-0.4, -0.2) is 9.85 Å². The molecule has 2 aromatic carbocycles. The van der Waals surface area contributed by atoms with Crippen molar-refractivity contribution in [2.75, 3.05) is 0 Å². The predicted octanol–water partition coefficient (Wildman–Crippen LogP) is 4.63. The molecule has 0 aromatic heterocycles. The van der Waals surface area contributed by atoms with E-state index < -0.39 is 15.3 Å². The summed E-state index contributed by atoms with van der Waals surface area (Å²) in [7, 11) is 0. The second-order valence-corrected chi connectivity index (χ2v) is 6.56. The van der Waals surface area contributed by atoms with Crippen molar-refractivity contribution in [2.24, 2.45) is 5.41 Å². The Morgan fingerprint density at radius 1 is 0.852 bits per heavy atom. The van der Waals surface area contributed by atoms with Crippen molar-refractivity contribution in [1.82, 2.24) is 0 Å². The Balaban J connectivity index is 2.40. The zero-order valence-corrected chi connectivity index (χ0v) is 15.1. The van der Waals surface area contributed by atoms with E-state index in [2.05, 4.69) is 0 Å². The molecule has 2 rings (SSSR count). The van der Waals surface area contributed by atoms with Crippen molar-refractivity contribution in [3.8, 4) is 12.1 Å². The summed E-state index contributed by atoms with van der Waals surface area (Å²) < 4.78 is 0. The number of nitro benzene ring substituents is 2. The van der Waals surface area contributed by atoms with E-state index in [1.54, 1.807) is 0 Å². The summed E-state index contributed by atoms with van der Waals surface area (Å²) in [6, 6.07) is 11.9. The van der Waals surface area contributed by atoms with E-state index in [0.717, 1.165) is 0 Å². The molecule has 0 heterocycles. The molecular formula is C17H10Cl2N4O4. The molecule has 2 aromatic rings. The average molecular weight is 405 g/mol. The van der Waals surface area contributed by atoms with Crippen molar-refractivity contribution < 1.29 is 9.85 Å². The van der Waals surface area contributed by atoms with E-state index in [-0.39, 0.29) is 34.3 Å². The summed E-state index contributed by atoms with van der Waals surface area (Å²) in [4.78, 5) is 20.7. The van der Waals surface area contributed by atoms with Gasteiger partial charge >= 0.3 is 0 Å². The van der Waals surface area contributed by atoms with Gasteiger partial charge in [-0.15, -0.1) is 0 Å². The summed E-state index contributed by atoms with van der Waals surface area (Å²) in [5.41, 5.74) is -1.50. The number of nitro groups is 2. The first-order valence-electron chi connectivity index (χ1n) is 7.39. The summed E-state index contributed by atoms with van der Waals surface area (Å²) >= 11 is 11.5. The molecule has 0 N–H and O–H groups in total. The largest absolute Gasteiger partial charge is 0.288 e. The second-order valence-electron chi connectivity index (χ2n) is 5.75. The van der Waals surface area contributed by atoms with Gasteiger partial charge in [-0.1, -0.05) is 35.3 Å². The van der Waals surface area contributed by atoms with Crippen molar-refractivity contribution in [2.45, 2.75) is 12.8 Å². The maximum absolute atomic E-state index is 11.0. The van der Waals surface area contributed by atoms with Gasteiger partial charge in [-0.25, -0.2) is 0 Å². The van der Waals surface area contributed by atoms with Crippen LogP contribution in [0.2, 0.25) is 10.0 Å². The van der Waals surface area contributed by atoms with Gasteiger partial charge in [0.25, 0.3) is 11.4 Å². The van der Waals surface area contributed by atoms with Gasteiger partial charge in [-0.3, -0.25) is 20.2 Å². The Kier molecular flexibility index (Phi) is 5.96. The van der Waals surface area contributed by atoms with Gasteiger partial charge in [0.2, 0.25) is 0 Å². The monoisotopic (exact) mass is 404 g/mol. The van der Waals surface area contributed by atoms with E-state index in [4.69, 9.17) is 23.2 Å². The van der Waals surface area contributed by atoms with Crippen LogP contribution in [0.15, 0.2) is 36.4 Å². The summed E-state index contributed by atoms with van der Waals surface area (Å²) in [5.74, 6) is 0. The quantitative estimate of drug-likeness (QED) is 0.508. The summed E-state index contributed by atoms with van der Waals surface area (Å²) in [6.07, 6.45) is -0.233. The molecule has 0 unspecified atom stereocenters. The highest BCUT2D eigenvalue weighted by molar-refractivity contribution is 6.33. The lowest BCUT2D eigenvalue weighted by Crippen LogP contribution is -2.23. The van der Waals surface area contributed by atoms with Crippen LogP contribution in [0.1, 0.15) is 11.1 Å². The third-order valence-corrected chi connectivity index (χ3v) is 4.49. The molecule has 0 saturated heterocycles. The maximum atomic E-state index is 11.0. The van der Waals surface area contributed by atoms with E-state index >= 15 is 0 Å². The highest BCUT2D eigenvalue weighted by Crippen LogP contribution is 2.33. The molecule has 0 spiro atoms. The first-order valence-corrected chi connectivity index (χ1v) is 8.15. The van der Waals surface area contributed by atoms with Crippen LogP contribution in [0.4, 0.5) is 11.4 Å². The highest BCUT2D eigenvalue weighted by atomic mass is 35.5. The number of rotatable bonds is 6. The molecule has 0 saturated carbocycles. The van der Waals surface area contributed by atoms with Gasteiger partial charge < -0.3 is 0 Å². The first kappa shape index (κ1) is 20.1. The minimum Gasteiger partial charge on any atom is -0.258 e. The zero-order chi connectivity index (χ0) is 20.2. The van der Waals surface area contributed by atoms with E-state index in [1.165, 1.54) is 36.4 Å². The Labute approximate surface area is 163 Å². The van der Waals surface area contributed by atoms with Crippen LogP contribution in [0.5, 0.6) is 0 Å². The van der Waals surface area contributed by atoms with Crippen LogP contribution >= 0.6 is 23.2 Å². The lowest BCUT2D eigenvalue weighted by Gasteiger charge is -2.19. The zero-order valence-electron chi connectivity index (χ0n) is 13.6. The fourth-order valence-electron chi connectivity index (χ4n) is 2.56. The van der Waals surface area contributed by atoms with Crippen LogP contribution < -0.4 is 0 Å². The van der Waals surface area contributed by atoms with Gasteiger partial charge in [0.05, 0.1) is 22.0 Å². The first-order chi connectivity index (χ1) is 12.7. The number of hydrogen-bond donors (Lipinski definition) is 0. The molecule has 0 aliphatic rings. The Hall–Kier alpha value is -3.20. The Bertz CT molecular complexity index is 929. The Morgan fingerprint density at radius 2 is 1.22 bits per heavy atom. The smallest absolute Gasteiger partial charge is 0.258 e.